The molecular weight excluding hydrogens is 385 g/mol. The zero-order valence-electron chi connectivity index (χ0n) is 16.2. The number of amides is 1. The van der Waals surface area contributed by atoms with Crippen molar-refractivity contribution in [2.24, 2.45) is 5.92 Å². The summed E-state index contributed by atoms with van der Waals surface area (Å²) < 4.78 is 16.2. The number of rotatable bonds is 3. The van der Waals surface area contributed by atoms with Crippen molar-refractivity contribution in [3.63, 3.8) is 0 Å². The number of carbonyl (C=O) groups is 1. The van der Waals surface area contributed by atoms with Gasteiger partial charge in [0.05, 0.1) is 15.9 Å². The first kappa shape index (κ1) is 18.3. The van der Waals surface area contributed by atoms with Crippen LogP contribution in [0.25, 0.3) is 26.4 Å². The van der Waals surface area contributed by atoms with E-state index in [1.807, 2.05) is 28.8 Å². The monoisotopic (exact) mass is 407 g/mol. The summed E-state index contributed by atoms with van der Waals surface area (Å²) in [7, 11) is 0. The van der Waals surface area contributed by atoms with Crippen LogP contribution in [0.3, 0.4) is 0 Å². The predicted octanol–water partition coefficient (Wildman–Crippen LogP) is 5.66. The molecule has 2 aromatic carbocycles. The Balaban J connectivity index is 1.43. The summed E-state index contributed by atoms with van der Waals surface area (Å²) in [5, 5.41) is 3.22. The second-order valence-electron chi connectivity index (χ2n) is 7.91. The Labute approximate surface area is 172 Å². The SMILES string of the molecule is C[C@H]1CCCC[C@@H]1NC(=O)c1ccc2c(c1)sc1nc(-c3ccc(F)cc3)cn12. The third kappa shape index (κ3) is 3.42. The van der Waals surface area contributed by atoms with Crippen LogP contribution in [0.4, 0.5) is 4.39 Å². The fourth-order valence-electron chi connectivity index (χ4n) is 4.18. The van der Waals surface area contributed by atoms with Crippen molar-refractivity contribution in [2.45, 2.75) is 38.6 Å². The molecule has 1 fully saturated rings. The molecule has 29 heavy (non-hydrogen) atoms. The number of halogens is 1. The van der Waals surface area contributed by atoms with Crippen LogP contribution in [-0.2, 0) is 0 Å². The first-order valence-electron chi connectivity index (χ1n) is 10.1. The largest absolute Gasteiger partial charge is 0.349 e. The van der Waals surface area contributed by atoms with E-state index >= 15 is 0 Å². The van der Waals surface area contributed by atoms with Crippen molar-refractivity contribution in [1.82, 2.24) is 14.7 Å². The topological polar surface area (TPSA) is 46.4 Å². The Kier molecular flexibility index (Phi) is 4.59. The Bertz CT molecular complexity index is 1190. The van der Waals surface area contributed by atoms with Gasteiger partial charge in [-0.05, 0) is 61.2 Å². The number of fused-ring (bicyclic) bond motifs is 3. The number of benzene rings is 2. The van der Waals surface area contributed by atoms with E-state index in [0.29, 0.717) is 11.5 Å². The highest BCUT2D eigenvalue weighted by atomic mass is 32.1. The van der Waals surface area contributed by atoms with Crippen LogP contribution in [0.5, 0.6) is 0 Å². The van der Waals surface area contributed by atoms with Gasteiger partial charge in [-0.25, -0.2) is 9.37 Å². The molecule has 4 nitrogen and oxygen atoms in total. The molecule has 6 heteroatoms. The average Bonchev–Trinajstić information content (AvgIpc) is 3.27. The molecule has 2 atom stereocenters. The van der Waals surface area contributed by atoms with E-state index in [4.69, 9.17) is 0 Å². The van der Waals surface area contributed by atoms with E-state index in [-0.39, 0.29) is 17.8 Å². The summed E-state index contributed by atoms with van der Waals surface area (Å²) in [4.78, 5) is 18.3. The number of hydrogen-bond donors (Lipinski definition) is 1. The van der Waals surface area contributed by atoms with Gasteiger partial charge in [0.25, 0.3) is 5.91 Å². The van der Waals surface area contributed by atoms with Gasteiger partial charge in [0.1, 0.15) is 5.82 Å². The first-order chi connectivity index (χ1) is 14.1. The lowest BCUT2D eigenvalue weighted by atomic mass is 9.86. The van der Waals surface area contributed by atoms with Crippen LogP contribution in [0, 0.1) is 11.7 Å². The van der Waals surface area contributed by atoms with Crippen molar-refractivity contribution in [2.75, 3.05) is 0 Å². The smallest absolute Gasteiger partial charge is 0.251 e. The van der Waals surface area contributed by atoms with E-state index in [2.05, 4.69) is 17.2 Å². The second kappa shape index (κ2) is 7.26. The lowest BCUT2D eigenvalue weighted by Gasteiger charge is -2.29. The van der Waals surface area contributed by atoms with Gasteiger partial charge < -0.3 is 5.32 Å². The number of carbonyl (C=O) groups excluding carboxylic acids is 1. The molecule has 5 rings (SSSR count). The summed E-state index contributed by atoms with van der Waals surface area (Å²) in [6.07, 6.45) is 6.66. The molecule has 1 aliphatic rings. The lowest BCUT2D eigenvalue weighted by molar-refractivity contribution is 0.0910. The van der Waals surface area contributed by atoms with Gasteiger partial charge in [0.15, 0.2) is 4.96 Å². The number of thiazole rings is 1. The van der Waals surface area contributed by atoms with Crippen LogP contribution in [-0.4, -0.2) is 21.3 Å². The van der Waals surface area contributed by atoms with E-state index in [1.54, 1.807) is 23.5 Å². The summed E-state index contributed by atoms with van der Waals surface area (Å²) >= 11 is 1.56. The summed E-state index contributed by atoms with van der Waals surface area (Å²) in [6, 6.07) is 12.4. The molecule has 0 radical (unpaired) electrons. The molecule has 1 aliphatic carbocycles. The number of hydrogen-bond acceptors (Lipinski definition) is 3. The molecule has 4 aromatic rings. The molecule has 2 heterocycles. The summed E-state index contributed by atoms with van der Waals surface area (Å²) in [5.74, 6) is 0.281. The Hall–Kier alpha value is -2.73. The van der Waals surface area contributed by atoms with Crippen LogP contribution in [0.1, 0.15) is 43.0 Å². The van der Waals surface area contributed by atoms with E-state index < -0.39 is 0 Å². The van der Waals surface area contributed by atoms with Crippen molar-refractivity contribution >= 4 is 32.4 Å². The molecule has 0 unspecified atom stereocenters. The molecule has 1 saturated carbocycles. The quantitative estimate of drug-likeness (QED) is 0.476. The molecule has 2 aromatic heterocycles. The highest BCUT2D eigenvalue weighted by Gasteiger charge is 2.23. The van der Waals surface area contributed by atoms with E-state index in [1.165, 1.54) is 31.4 Å². The van der Waals surface area contributed by atoms with Crippen molar-refractivity contribution < 1.29 is 9.18 Å². The van der Waals surface area contributed by atoms with Gasteiger partial charge in [-0.15, -0.1) is 0 Å². The van der Waals surface area contributed by atoms with E-state index in [0.717, 1.165) is 32.9 Å². The minimum Gasteiger partial charge on any atom is -0.349 e. The lowest BCUT2D eigenvalue weighted by Crippen LogP contribution is -2.41. The third-order valence-electron chi connectivity index (χ3n) is 5.92. The Morgan fingerprint density at radius 3 is 2.76 bits per heavy atom. The average molecular weight is 408 g/mol. The highest BCUT2D eigenvalue weighted by Crippen LogP contribution is 2.30. The molecule has 0 aliphatic heterocycles. The van der Waals surface area contributed by atoms with Gasteiger partial charge in [0, 0.05) is 23.4 Å². The first-order valence-corrected chi connectivity index (χ1v) is 10.9. The van der Waals surface area contributed by atoms with E-state index in [9.17, 15) is 9.18 Å². The third-order valence-corrected chi connectivity index (χ3v) is 6.94. The summed E-state index contributed by atoms with van der Waals surface area (Å²) in [5.41, 5.74) is 3.41. The maximum atomic E-state index is 13.2. The Morgan fingerprint density at radius 2 is 1.97 bits per heavy atom. The van der Waals surface area contributed by atoms with Gasteiger partial charge in [-0.3, -0.25) is 9.20 Å². The summed E-state index contributed by atoms with van der Waals surface area (Å²) in [6.45, 7) is 2.22. The minimum absolute atomic E-state index is 0.00342. The molecule has 148 valence electrons. The van der Waals surface area contributed by atoms with Gasteiger partial charge >= 0.3 is 0 Å². The van der Waals surface area contributed by atoms with Crippen LogP contribution >= 0.6 is 11.3 Å². The predicted molar refractivity (Wildman–Crippen MR) is 115 cm³/mol. The van der Waals surface area contributed by atoms with Crippen LogP contribution < -0.4 is 5.32 Å². The normalized spacial score (nSPS) is 19.7. The molecular formula is C23H22FN3OS. The number of nitrogens with one attached hydrogen (secondary N) is 1. The fraction of sp³-hybridized carbons (Fsp3) is 0.304. The number of aromatic nitrogens is 2. The highest BCUT2D eigenvalue weighted by molar-refractivity contribution is 7.23. The molecule has 0 bridgehead atoms. The van der Waals surface area contributed by atoms with Gasteiger partial charge in [-0.2, -0.15) is 0 Å². The molecule has 1 N–H and O–H groups in total. The zero-order valence-corrected chi connectivity index (χ0v) is 17.0. The maximum absolute atomic E-state index is 13.2. The second-order valence-corrected chi connectivity index (χ2v) is 8.92. The van der Waals surface area contributed by atoms with Crippen molar-refractivity contribution in [3.8, 4) is 11.3 Å². The van der Waals surface area contributed by atoms with Crippen LogP contribution in [0.2, 0.25) is 0 Å². The molecule has 1 amide bonds. The van der Waals surface area contributed by atoms with Gasteiger partial charge in [0.2, 0.25) is 0 Å². The zero-order chi connectivity index (χ0) is 20.0. The standard InChI is InChI=1S/C23H22FN3OS/c1-14-4-2-3-5-18(14)25-22(28)16-8-11-20-21(12-16)29-23-26-19(13-27(20)23)15-6-9-17(24)10-7-15/h6-14,18H,2-5H2,1H3,(H,25,28)/t14-,18-/m0/s1. The van der Waals surface area contributed by atoms with Crippen LogP contribution in [0.15, 0.2) is 48.7 Å². The number of imidazole rings is 1. The minimum atomic E-state index is -0.256. The maximum Gasteiger partial charge on any atom is 0.251 e. The molecule has 0 spiro atoms. The fourth-order valence-corrected chi connectivity index (χ4v) is 5.23. The molecule has 0 saturated heterocycles. The van der Waals surface area contributed by atoms with Crippen molar-refractivity contribution in [1.29, 1.82) is 0 Å². The number of nitrogens with zero attached hydrogens (tertiary/aromatic N) is 2. The Morgan fingerprint density at radius 1 is 1.17 bits per heavy atom. The van der Waals surface area contributed by atoms with Crippen molar-refractivity contribution in [3.05, 3.63) is 60.0 Å². The van der Waals surface area contributed by atoms with Gasteiger partial charge in [-0.1, -0.05) is 31.1 Å².